The van der Waals surface area contributed by atoms with E-state index in [1.165, 1.54) is 0 Å². The van der Waals surface area contributed by atoms with Crippen molar-refractivity contribution < 1.29 is 14.3 Å². The molecule has 2 N–H and O–H groups in total. The molecule has 1 amide bonds. The third kappa shape index (κ3) is 3.73. The van der Waals surface area contributed by atoms with Gasteiger partial charge in [0.05, 0.1) is 5.02 Å². The first-order chi connectivity index (χ1) is 10.0. The number of carbonyl (C=O) groups is 2. The predicted molar refractivity (Wildman–Crippen MR) is 81.2 cm³/mol. The highest BCUT2D eigenvalue weighted by molar-refractivity contribution is 6.32. The molecule has 1 unspecified atom stereocenters. The molecule has 0 aromatic heterocycles. The molecule has 110 valence electrons. The van der Waals surface area contributed by atoms with Gasteiger partial charge < -0.3 is 10.5 Å². The third-order valence-electron chi connectivity index (χ3n) is 3.33. The highest BCUT2D eigenvalue weighted by atomic mass is 35.5. The second-order valence-electron chi connectivity index (χ2n) is 4.95. The maximum absolute atomic E-state index is 11.3. The Bertz CT molecular complexity index is 634. The molecular weight excluding hydrogens is 290 g/mol. The zero-order chi connectivity index (χ0) is 15.4. The van der Waals surface area contributed by atoms with E-state index in [4.69, 9.17) is 22.1 Å². The first-order valence-electron chi connectivity index (χ1n) is 6.62. The molecule has 1 aromatic rings. The van der Waals surface area contributed by atoms with Gasteiger partial charge in [-0.3, -0.25) is 9.59 Å². The van der Waals surface area contributed by atoms with Crippen LogP contribution in [0, 0.1) is 5.92 Å². The lowest BCUT2D eigenvalue weighted by atomic mass is 10.0. The topological polar surface area (TPSA) is 69.4 Å². The van der Waals surface area contributed by atoms with Gasteiger partial charge in [-0.15, -0.1) is 0 Å². The van der Waals surface area contributed by atoms with E-state index in [1.54, 1.807) is 18.2 Å². The van der Waals surface area contributed by atoms with Crippen LogP contribution in [0.25, 0.3) is 0 Å². The van der Waals surface area contributed by atoms with E-state index in [1.807, 2.05) is 19.1 Å². The van der Waals surface area contributed by atoms with Gasteiger partial charge in [0, 0.05) is 17.1 Å². The van der Waals surface area contributed by atoms with Gasteiger partial charge in [-0.05, 0) is 37.1 Å². The summed E-state index contributed by atoms with van der Waals surface area (Å²) < 4.78 is 5.83. The number of ether oxygens (including phenoxy) is 1. The third-order valence-corrected chi connectivity index (χ3v) is 3.63. The standard InChI is InChI=1S/C16H16ClNO3/c1-10-7-12(16(18)20)3-2-4-14(10)21-15-6-5-11(9-19)8-13(15)17/h3-6,8-10H,2,7H2,1H3,(H2,18,20). The van der Waals surface area contributed by atoms with Crippen LogP contribution in [0.2, 0.25) is 5.02 Å². The minimum atomic E-state index is -0.398. The molecule has 0 aliphatic heterocycles. The Morgan fingerprint density at radius 1 is 1.43 bits per heavy atom. The lowest BCUT2D eigenvalue weighted by Crippen LogP contribution is -2.16. The van der Waals surface area contributed by atoms with E-state index < -0.39 is 5.91 Å². The fourth-order valence-electron chi connectivity index (χ4n) is 2.18. The predicted octanol–water partition coefficient (Wildman–Crippen LogP) is 3.26. The Hall–Kier alpha value is -2.07. The van der Waals surface area contributed by atoms with Crippen molar-refractivity contribution in [3.05, 3.63) is 52.3 Å². The van der Waals surface area contributed by atoms with Crippen molar-refractivity contribution in [2.45, 2.75) is 19.8 Å². The molecule has 0 spiro atoms. The number of benzene rings is 1. The number of halogens is 1. The van der Waals surface area contributed by atoms with Gasteiger partial charge in [0.15, 0.2) is 0 Å². The fraction of sp³-hybridized carbons (Fsp3) is 0.250. The number of hydrogen-bond acceptors (Lipinski definition) is 3. The molecule has 1 aliphatic carbocycles. The Kier molecular flexibility index (Phi) is 4.81. The van der Waals surface area contributed by atoms with Gasteiger partial charge in [-0.1, -0.05) is 24.6 Å². The molecule has 0 heterocycles. The Balaban J connectivity index is 2.15. The van der Waals surface area contributed by atoms with Crippen molar-refractivity contribution in [1.82, 2.24) is 0 Å². The van der Waals surface area contributed by atoms with Crippen LogP contribution >= 0.6 is 11.6 Å². The highest BCUT2D eigenvalue weighted by Gasteiger charge is 2.19. The van der Waals surface area contributed by atoms with Gasteiger partial charge in [0.1, 0.15) is 17.8 Å². The van der Waals surface area contributed by atoms with E-state index in [9.17, 15) is 9.59 Å². The van der Waals surface area contributed by atoms with Crippen LogP contribution in [0.3, 0.4) is 0 Å². The van der Waals surface area contributed by atoms with Crippen LogP contribution in [0.5, 0.6) is 5.75 Å². The molecule has 0 fully saturated rings. The molecule has 0 saturated carbocycles. The van der Waals surface area contributed by atoms with Crippen molar-refractivity contribution in [2.75, 3.05) is 0 Å². The molecule has 4 nitrogen and oxygen atoms in total. The number of rotatable bonds is 4. The number of aldehydes is 1. The number of nitrogens with two attached hydrogens (primary N) is 1. The van der Waals surface area contributed by atoms with E-state index in [0.717, 1.165) is 12.0 Å². The molecule has 0 saturated heterocycles. The molecule has 21 heavy (non-hydrogen) atoms. The van der Waals surface area contributed by atoms with E-state index in [2.05, 4.69) is 0 Å². The molecule has 5 heteroatoms. The summed E-state index contributed by atoms with van der Waals surface area (Å²) in [7, 11) is 0. The van der Waals surface area contributed by atoms with Crippen molar-refractivity contribution in [3.8, 4) is 5.75 Å². The smallest absolute Gasteiger partial charge is 0.244 e. The van der Waals surface area contributed by atoms with Crippen molar-refractivity contribution in [1.29, 1.82) is 0 Å². The summed E-state index contributed by atoms with van der Waals surface area (Å²) in [6.45, 7) is 1.96. The lowest BCUT2D eigenvalue weighted by Gasteiger charge is -2.17. The lowest BCUT2D eigenvalue weighted by molar-refractivity contribution is -0.114. The Morgan fingerprint density at radius 2 is 2.19 bits per heavy atom. The van der Waals surface area contributed by atoms with Crippen molar-refractivity contribution >= 4 is 23.8 Å². The second kappa shape index (κ2) is 6.59. The molecule has 1 atom stereocenters. The molecule has 0 bridgehead atoms. The average Bonchev–Trinajstić information content (AvgIpc) is 2.63. The number of allylic oxidation sites excluding steroid dienone is 3. The highest BCUT2D eigenvalue weighted by Crippen LogP contribution is 2.31. The van der Waals surface area contributed by atoms with Gasteiger partial charge >= 0.3 is 0 Å². The molecule has 2 rings (SSSR count). The summed E-state index contributed by atoms with van der Waals surface area (Å²) in [5, 5.41) is 0.375. The normalized spacial score (nSPS) is 18.3. The first-order valence-corrected chi connectivity index (χ1v) is 7.00. The minimum absolute atomic E-state index is 0.0214. The zero-order valence-corrected chi connectivity index (χ0v) is 12.4. The van der Waals surface area contributed by atoms with Crippen LogP contribution in [-0.2, 0) is 4.79 Å². The maximum atomic E-state index is 11.3. The van der Waals surface area contributed by atoms with Gasteiger partial charge in [-0.2, -0.15) is 0 Å². The maximum Gasteiger partial charge on any atom is 0.244 e. The summed E-state index contributed by atoms with van der Waals surface area (Å²) in [4.78, 5) is 22.0. The van der Waals surface area contributed by atoms with E-state index in [0.29, 0.717) is 34.8 Å². The molecule has 0 radical (unpaired) electrons. The van der Waals surface area contributed by atoms with Crippen LogP contribution < -0.4 is 10.5 Å². The number of carbonyl (C=O) groups excluding carboxylic acids is 2. The Labute approximate surface area is 128 Å². The van der Waals surface area contributed by atoms with Crippen LogP contribution in [0.15, 0.2) is 41.7 Å². The largest absolute Gasteiger partial charge is 0.460 e. The fourth-order valence-corrected chi connectivity index (χ4v) is 2.40. The molecular formula is C16H16ClNO3. The zero-order valence-electron chi connectivity index (χ0n) is 11.6. The van der Waals surface area contributed by atoms with Crippen LogP contribution in [0.4, 0.5) is 0 Å². The summed E-state index contributed by atoms with van der Waals surface area (Å²) >= 11 is 6.10. The Morgan fingerprint density at radius 3 is 2.81 bits per heavy atom. The monoisotopic (exact) mass is 305 g/mol. The summed E-state index contributed by atoms with van der Waals surface area (Å²) in [5.74, 6) is 0.851. The SMILES string of the molecule is CC1CC(C(N)=O)=CCC=C1Oc1ccc(C=O)cc1Cl. The van der Waals surface area contributed by atoms with Crippen LogP contribution in [-0.4, -0.2) is 12.2 Å². The summed E-state index contributed by atoms with van der Waals surface area (Å²) in [6.07, 6.45) is 5.57. The quantitative estimate of drug-likeness (QED) is 0.868. The number of hydrogen-bond donors (Lipinski definition) is 1. The van der Waals surface area contributed by atoms with Gasteiger partial charge in [0.25, 0.3) is 0 Å². The molecule has 1 aromatic carbocycles. The average molecular weight is 306 g/mol. The van der Waals surface area contributed by atoms with E-state index in [-0.39, 0.29) is 5.92 Å². The van der Waals surface area contributed by atoms with Crippen molar-refractivity contribution in [2.24, 2.45) is 11.7 Å². The number of primary amides is 1. The van der Waals surface area contributed by atoms with Crippen molar-refractivity contribution in [3.63, 3.8) is 0 Å². The van der Waals surface area contributed by atoms with Gasteiger partial charge in [-0.25, -0.2) is 0 Å². The second-order valence-corrected chi connectivity index (χ2v) is 5.36. The minimum Gasteiger partial charge on any atom is -0.460 e. The first kappa shape index (κ1) is 15.3. The summed E-state index contributed by atoms with van der Waals surface area (Å²) in [6, 6.07) is 4.86. The summed E-state index contributed by atoms with van der Waals surface area (Å²) in [5.41, 5.74) is 6.43. The van der Waals surface area contributed by atoms with Crippen LogP contribution in [0.1, 0.15) is 30.1 Å². The molecule has 1 aliphatic rings. The number of amides is 1. The van der Waals surface area contributed by atoms with E-state index >= 15 is 0 Å². The van der Waals surface area contributed by atoms with Gasteiger partial charge in [0.2, 0.25) is 5.91 Å².